The van der Waals surface area contributed by atoms with Crippen molar-refractivity contribution < 1.29 is 19.1 Å². The highest BCUT2D eigenvalue weighted by Gasteiger charge is 2.41. The van der Waals surface area contributed by atoms with Crippen LogP contribution in [0.15, 0.2) is 47.7 Å². The van der Waals surface area contributed by atoms with Gasteiger partial charge < -0.3 is 9.47 Å². The van der Waals surface area contributed by atoms with Gasteiger partial charge >= 0.3 is 0 Å². The normalized spacial score (nSPS) is 19.1. The number of allylic oxidation sites excluding steroid dienone is 2. The zero-order chi connectivity index (χ0) is 21.4. The Labute approximate surface area is 177 Å². The molecule has 0 aromatic heterocycles. The van der Waals surface area contributed by atoms with Crippen LogP contribution in [0.4, 0.5) is 5.69 Å². The lowest BCUT2D eigenvalue weighted by atomic mass is 9.76. The van der Waals surface area contributed by atoms with Gasteiger partial charge in [-0.25, -0.2) is 0 Å². The molecule has 1 unspecified atom stereocenters. The standard InChI is InChI=1S/C25H27NO4/c1-15-8-5-9-16(2)24(15)26-19-11-7-12-20(27)23(19)18(14-22(26)28)17-10-6-13-21(29-3)25(17)30-4/h5-6,8-10,13,18H,7,11-12,14H2,1-4H3. The number of amides is 1. The summed E-state index contributed by atoms with van der Waals surface area (Å²) in [4.78, 5) is 28.5. The van der Waals surface area contributed by atoms with Crippen LogP contribution >= 0.6 is 0 Å². The summed E-state index contributed by atoms with van der Waals surface area (Å²) < 4.78 is 11.1. The number of para-hydroxylation sites is 2. The molecule has 30 heavy (non-hydrogen) atoms. The first kappa shape index (κ1) is 20.2. The minimum atomic E-state index is -0.328. The van der Waals surface area contributed by atoms with Crippen LogP contribution in [0.25, 0.3) is 0 Å². The van der Waals surface area contributed by atoms with Crippen LogP contribution in [0.5, 0.6) is 11.5 Å². The number of nitrogens with zero attached hydrogens (tertiary/aromatic N) is 1. The maximum atomic E-state index is 13.5. The number of aryl methyl sites for hydroxylation is 2. The van der Waals surface area contributed by atoms with Crippen molar-refractivity contribution >= 4 is 17.4 Å². The van der Waals surface area contributed by atoms with Crippen molar-refractivity contribution in [2.45, 2.75) is 45.4 Å². The second-order valence-electron chi connectivity index (χ2n) is 7.95. The number of Topliss-reactive ketones (excluding diaryl/α,β-unsaturated/α-hetero) is 1. The Morgan fingerprint density at radius 3 is 2.30 bits per heavy atom. The molecule has 5 heteroatoms. The highest BCUT2D eigenvalue weighted by Crippen LogP contribution is 2.48. The molecule has 0 spiro atoms. The highest BCUT2D eigenvalue weighted by atomic mass is 16.5. The Morgan fingerprint density at radius 2 is 1.63 bits per heavy atom. The number of ketones is 1. The maximum Gasteiger partial charge on any atom is 0.232 e. The molecule has 0 N–H and O–H groups in total. The quantitative estimate of drug-likeness (QED) is 0.730. The number of anilines is 1. The second kappa shape index (κ2) is 7.98. The Bertz CT molecular complexity index is 1030. The summed E-state index contributed by atoms with van der Waals surface area (Å²) in [5.41, 5.74) is 5.39. The fourth-order valence-electron chi connectivity index (χ4n) is 4.86. The van der Waals surface area contributed by atoms with Gasteiger partial charge in [0, 0.05) is 35.6 Å². The first-order chi connectivity index (χ1) is 14.5. The van der Waals surface area contributed by atoms with Crippen LogP contribution in [-0.2, 0) is 9.59 Å². The predicted molar refractivity (Wildman–Crippen MR) is 116 cm³/mol. The van der Waals surface area contributed by atoms with Crippen LogP contribution in [0.1, 0.15) is 48.3 Å². The van der Waals surface area contributed by atoms with Gasteiger partial charge in [-0.2, -0.15) is 0 Å². The van der Waals surface area contributed by atoms with Crippen LogP contribution < -0.4 is 14.4 Å². The van der Waals surface area contributed by atoms with Crippen molar-refractivity contribution in [2.75, 3.05) is 19.1 Å². The van der Waals surface area contributed by atoms with E-state index in [9.17, 15) is 9.59 Å². The molecule has 5 nitrogen and oxygen atoms in total. The highest BCUT2D eigenvalue weighted by molar-refractivity contribution is 6.08. The molecule has 1 aliphatic carbocycles. The van der Waals surface area contributed by atoms with E-state index >= 15 is 0 Å². The average Bonchev–Trinajstić information content (AvgIpc) is 2.74. The fourth-order valence-corrected chi connectivity index (χ4v) is 4.86. The second-order valence-corrected chi connectivity index (χ2v) is 7.95. The van der Waals surface area contributed by atoms with Crippen molar-refractivity contribution in [1.29, 1.82) is 0 Å². The Kier molecular flexibility index (Phi) is 5.37. The van der Waals surface area contributed by atoms with Crippen molar-refractivity contribution in [2.24, 2.45) is 0 Å². The Hall–Kier alpha value is -3.08. The lowest BCUT2D eigenvalue weighted by molar-refractivity contribution is -0.120. The summed E-state index contributed by atoms with van der Waals surface area (Å²) in [5.74, 6) is 0.991. The fraction of sp³-hybridized carbons (Fsp3) is 0.360. The number of methoxy groups -OCH3 is 2. The van der Waals surface area contributed by atoms with Crippen LogP contribution in [-0.4, -0.2) is 25.9 Å². The topological polar surface area (TPSA) is 55.8 Å². The minimum Gasteiger partial charge on any atom is -0.493 e. The van der Waals surface area contributed by atoms with E-state index in [1.54, 1.807) is 19.1 Å². The SMILES string of the molecule is COc1cccc(C2CC(=O)N(c3c(C)cccc3C)C3=C2C(=O)CCC3)c1OC. The summed E-state index contributed by atoms with van der Waals surface area (Å²) in [5, 5.41) is 0. The lowest BCUT2D eigenvalue weighted by Gasteiger charge is -2.39. The van der Waals surface area contributed by atoms with E-state index in [4.69, 9.17) is 9.47 Å². The minimum absolute atomic E-state index is 0.00993. The van der Waals surface area contributed by atoms with Gasteiger partial charge in [0.2, 0.25) is 5.91 Å². The van der Waals surface area contributed by atoms with E-state index in [1.807, 2.05) is 50.2 Å². The monoisotopic (exact) mass is 405 g/mol. The third-order valence-corrected chi connectivity index (χ3v) is 6.15. The van der Waals surface area contributed by atoms with E-state index in [0.29, 0.717) is 24.3 Å². The summed E-state index contributed by atoms with van der Waals surface area (Å²) >= 11 is 0. The largest absolute Gasteiger partial charge is 0.493 e. The Balaban J connectivity index is 1.94. The van der Waals surface area contributed by atoms with Crippen molar-refractivity contribution in [3.05, 3.63) is 64.4 Å². The van der Waals surface area contributed by atoms with Crippen molar-refractivity contribution in [1.82, 2.24) is 0 Å². The predicted octanol–water partition coefficient (Wildman–Crippen LogP) is 4.85. The molecule has 0 saturated heterocycles. The molecule has 2 aromatic rings. The summed E-state index contributed by atoms with van der Waals surface area (Å²) in [6, 6.07) is 11.7. The number of hydrogen-bond acceptors (Lipinski definition) is 4. The first-order valence-corrected chi connectivity index (χ1v) is 10.3. The molecule has 2 aromatic carbocycles. The van der Waals surface area contributed by atoms with Gasteiger partial charge in [0.1, 0.15) is 0 Å². The van der Waals surface area contributed by atoms with Gasteiger partial charge in [-0.15, -0.1) is 0 Å². The number of carbonyl (C=O) groups is 2. The average molecular weight is 405 g/mol. The number of hydrogen-bond donors (Lipinski definition) is 0. The molecule has 156 valence electrons. The van der Waals surface area contributed by atoms with Crippen LogP contribution in [0.3, 0.4) is 0 Å². The smallest absolute Gasteiger partial charge is 0.232 e. The first-order valence-electron chi connectivity index (χ1n) is 10.3. The Morgan fingerprint density at radius 1 is 0.933 bits per heavy atom. The molecule has 1 amide bonds. The van der Waals surface area contributed by atoms with Gasteiger partial charge in [-0.3, -0.25) is 14.5 Å². The van der Waals surface area contributed by atoms with E-state index in [1.165, 1.54) is 0 Å². The van der Waals surface area contributed by atoms with Crippen molar-refractivity contribution in [3.8, 4) is 11.5 Å². The molecule has 0 radical (unpaired) electrons. The maximum absolute atomic E-state index is 13.5. The van der Waals surface area contributed by atoms with Crippen LogP contribution in [0, 0.1) is 13.8 Å². The number of carbonyl (C=O) groups excluding carboxylic acids is 2. The molecular weight excluding hydrogens is 378 g/mol. The van der Waals surface area contributed by atoms with Gasteiger partial charge in [0.15, 0.2) is 17.3 Å². The molecular formula is C25H27NO4. The van der Waals surface area contributed by atoms with Gasteiger partial charge in [-0.1, -0.05) is 30.3 Å². The molecule has 4 rings (SSSR count). The van der Waals surface area contributed by atoms with Gasteiger partial charge in [0.05, 0.1) is 19.9 Å². The van der Waals surface area contributed by atoms with E-state index in [2.05, 4.69) is 0 Å². The van der Waals surface area contributed by atoms with E-state index in [0.717, 1.165) is 40.1 Å². The lowest BCUT2D eigenvalue weighted by Crippen LogP contribution is -2.41. The summed E-state index contributed by atoms with van der Waals surface area (Å²) in [6.07, 6.45) is 2.20. The molecule has 1 aliphatic heterocycles. The molecule has 1 heterocycles. The zero-order valence-electron chi connectivity index (χ0n) is 18.0. The zero-order valence-corrected chi connectivity index (χ0v) is 18.0. The van der Waals surface area contributed by atoms with Crippen LogP contribution in [0.2, 0.25) is 0 Å². The third-order valence-electron chi connectivity index (χ3n) is 6.15. The van der Waals surface area contributed by atoms with E-state index < -0.39 is 0 Å². The molecule has 0 bridgehead atoms. The molecule has 2 aliphatic rings. The third kappa shape index (κ3) is 3.18. The number of benzene rings is 2. The van der Waals surface area contributed by atoms with E-state index in [-0.39, 0.29) is 24.0 Å². The van der Waals surface area contributed by atoms with Gasteiger partial charge in [0.25, 0.3) is 0 Å². The summed E-state index contributed by atoms with van der Waals surface area (Å²) in [6.45, 7) is 4.02. The molecule has 0 fully saturated rings. The van der Waals surface area contributed by atoms with Gasteiger partial charge in [-0.05, 0) is 43.9 Å². The van der Waals surface area contributed by atoms with Crippen molar-refractivity contribution in [3.63, 3.8) is 0 Å². The summed E-state index contributed by atoms with van der Waals surface area (Å²) in [7, 11) is 3.18. The number of ether oxygens (including phenoxy) is 2. The number of rotatable bonds is 4. The molecule has 1 atom stereocenters. The molecule has 0 saturated carbocycles.